The van der Waals surface area contributed by atoms with Gasteiger partial charge in [-0.3, -0.25) is 0 Å². The van der Waals surface area contributed by atoms with E-state index in [9.17, 15) is 19.1 Å². The molecule has 0 aromatic heterocycles. The highest BCUT2D eigenvalue weighted by Gasteiger charge is 2.18. The Morgan fingerprint density at radius 3 is 2.58 bits per heavy atom. The van der Waals surface area contributed by atoms with Gasteiger partial charge >= 0.3 is 11.9 Å². The van der Waals surface area contributed by atoms with Gasteiger partial charge in [-0.05, 0) is 30.3 Å². The van der Waals surface area contributed by atoms with Crippen LogP contribution in [0.2, 0.25) is 5.02 Å². The second-order valence-electron chi connectivity index (χ2n) is 4.81. The highest BCUT2D eigenvalue weighted by atomic mass is 35.5. The van der Waals surface area contributed by atoms with E-state index in [4.69, 9.17) is 16.7 Å². The van der Waals surface area contributed by atoms with Crippen molar-refractivity contribution < 1.29 is 28.9 Å². The van der Waals surface area contributed by atoms with Gasteiger partial charge in [0.2, 0.25) is 0 Å². The van der Waals surface area contributed by atoms with E-state index in [1.807, 2.05) is 0 Å². The zero-order valence-electron chi connectivity index (χ0n) is 12.5. The number of esters is 1. The number of ether oxygens (including phenoxy) is 1. The van der Waals surface area contributed by atoms with Crippen LogP contribution in [0.3, 0.4) is 0 Å². The van der Waals surface area contributed by atoms with Crippen molar-refractivity contribution in [2.45, 2.75) is 6.54 Å². The molecule has 6 nitrogen and oxygen atoms in total. The third-order valence-electron chi connectivity index (χ3n) is 3.25. The van der Waals surface area contributed by atoms with Gasteiger partial charge in [-0.2, -0.15) is 0 Å². The van der Waals surface area contributed by atoms with E-state index < -0.39 is 17.8 Å². The molecule has 0 radical (unpaired) electrons. The summed E-state index contributed by atoms with van der Waals surface area (Å²) in [6.45, 7) is 0.0103. The molecule has 0 amide bonds. The van der Waals surface area contributed by atoms with Crippen LogP contribution in [0.25, 0.3) is 0 Å². The standard InChI is InChI=1S/C16H13ClFNO5/c1-24-16(23)12-6-10(2-3-11(12)15(21)22)19-7-8-4-9(18)5-13(17)14(8)20/h2-6,19-20H,7H2,1H3,(H,21,22). The Bertz CT molecular complexity index is 809. The smallest absolute Gasteiger partial charge is 0.338 e. The zero-order valence-corrected chi connectivity index (χ0v) is 13.2. The normalized spacial score (nSPS) is 10.3. The number of carboxylic acids is 1. The number of methoxy groups -OCH3 is 1. The first-order valence-electron chi connectivity index (χ1n) is 6.70. The lowest BCUT2D eigenvalue weighted by Crippen LogP contribution is -2.11. The van der Waals surface area contributed by atoms with Gasteiger partial charge in [0, 0.05) is 17.8 Å². The number of carbonyl (C=O) groups is 2. The first-order valence-corrected chi connectivity index (χ1v) is 7.07. The highest BCUT2D eigenvalue weighted by molar-refractivity contribution is 6.32. The Hall–Kier alpha value is -2.80. The Balaban J connectivity index is 2.28. The molecular weight excluding hydrogens is 341 g/mol. The minimum absolute atomic E-state index is 0.0103. The summed E-state index contributed by atoms with van der Waals surface area (Å²) in [5.74, 6) is -2.93. The topological polar surface area (TPSA) is 95.9 Å². The number of phenolic OH excluding ortho intramolecular Hbond substituents is 1. The van der Waals surface area contributed by atoms with Crippen molar-refractivity contribution in [2.24, 2.45) is 0 Å². The molecule has 0 aliphatic heterocycles. The predicted octanol–water partition coefficient (Wildman–Crippen LogP) is 3.28. The average Bonchev–Trinajstić information content (AvgIpc) is 2.55. The van der Waals surface area contributed by atoms with Crippen LogP contribution in [-0.2, 0) is 11.3 Å². The average molecular weight is 354 g/mol. The van der Waals surface area contributed by atoms with Crippen LogP contribution in [-0.4, -0.2) is 29.3 Å². The van der Waals surface area contributed by atoms with Crippen molar-refractivity contribution in [2.75, 3.05) is 12.4 Å². The van der Waals surface area contributed by atoms with E-state index in [0.29, 0.717) is 5.69 Å². The summed E-state index contributed by atoms with van der Waals surface area (Å²) in [6, 6.07) is 6.08. The molecule has 0 atom stereocenters. The highest BCUT2D eigenvalue weighted by Crippen LogP contribution is 2.29. The first-order chi connectivity index (χ1) is 11.3. The van der Waals surface area contributed by atoms with Crippen molar-refractivity contribution in [1.29, 1.82) is 0 Å². The van der Waals surface area contributed by atoms with Crippen molar-refractivity contribution in [3.63, 3.8) is 0 Å². The number of carbonyl (C=O) groups excluding carboxylic acids is 1. The Labute approximate surface area is 141 Å². The molecule has 0 fully saturated rings. The molecule has 0 bridgehead atoms. The monoisotopic (exact) mass is 353 g/mol. The minimum atomic E-state index is -1.27. The molecule has 0 saturated carbocycles. The number of halogens is 2. The quantitative estimate of drug-likeness (QED) is 0.714. The Kier molecular flexibility index (Phi) is 5.25. The third-order valence-corrected chi connectivity index (χ3v) is 3.53. The van der Waals surface area contributed by atoms with Crippen molar-refractivity contribution in [3.8, 4) is 5.75 Å². The van der Waals surface area contributed by atoms with Gasteiger partial charge in [-0.1, -0.05) is 11.6 Å². The summed E-state index contributed by atoms with van der Waals surface area (Å²) in [5.41, 5.74) is 0.266. The van der Waals surface area contributed by atoms with Crippen LogP contribution in [0.5, 0.6) is 5.75 Å². The second-order valence-corrected chi connectivity index (χ2v) is 5.21. The van der Waals surface area contributed by atoms with Gasteiger partial charge in [0.15, 0.2) is 0 Å². The predicted molar refractivity (Wildman–Crippen MR) is 85.1 cm³/mol. The van der Waals surface area contributed by atoms with E-state index in [1.165, 1.54) is 18.2 Å². The number of hydrogen-bond acceptors (Lipinski definition) is 5. The third kappa shape index (κ3) is 3.75. The molecule has 8 heteroatoms. The number of phenols is 1. The van der Waals surface area contributed by atoms with Gasteiger partial charge in [0.1, 0.15) is 11.6 Å². The lowest BCUT2D eigenvalue weighted by molar-refractivity contribution is 0.0583. The molecular formula is C16H13ClFNO5. The molecule has 3 N–H and O–H groups in total. The van der Waals surface area contributed by atoms with Crippen molar-refractivity contribution in [3.05, 3.63) is 57.9 Å². The summed E-state index contributed by atoms with van der Waals surface area (Å²) in [7, 11) is 1.14. The fourth-order valence-corrected chi connectivity index (χ4v) is 2.30. The van der Waals surface area contributed by atoms with Crippen LogP contribution in [0.1, 0.15) is 26.3 Å². The maximum Gasteiger partial charge on any atom is 0.338 e. The van der Waals surface area contributed by atoms with Gasteiger partial charge < -0.3 is 20.3 Å². The molecule has 126 valence electrons. The van der Waals surface area contributed by atoms with E-state index in [1.54, 1.807) is 0 Å². The van der Waals surface area contributed by atoms with Crippen LogP contribution in [0, 0.1) is 5.82 Å². The minimum Gasteiger partial charge on any atom is -0.506 e. The van der Waals surface area contributed by atoms with Crippen LogP contribution < -0.4 is 5.32 Å². The summed E-state index contributed by atoms with van der Waals surface area (Å²) < 4.78 is 17.9. The van der Waals surface area contributed by atoms with Gasteiger partial charge in [-0.15, -0.1) is 0 Å². The van der Waals surface area contributed by atoms with Gasteiger partial charge in [0.05, 0.1) is 23.3 Å². The number of carboxylic acid groups (broad SMARTS) is 1. The number of aromatic carboxylic acids is 1. The lowest BCUT2D eigenvalue weighted by Gasteiger charge is -2.11. The van der Waals surface area contributed by atoms with E-state index >= 15 is 0 Å². The summed E-state index contributed by atoms with van der Waals surface area (Å²) in [5, 5.41) is 21.6. The van der Waals surface area contributed by atoms with Crippen molar-refractivity contribution in [1.82, 2.24) is 0 Å². The fourth-order valence-electron chi connectivity index (χ4n) is 2.07. The van der Waals surface area contributed by atoms with Gasteiger partial charge in [-0.25, -0.2) is 14.0 Å². The Morgan fingerprint density at radius 1 is 1.25 bits per heavy atom. The molecule has 0 aliphatic rings. The molecule has 2 aromatic carbocycles. The molecule has 2 rings (SSSR count). The lowest BCUT2D eigenvalue weighted by atomic mass is 10.1. The summed E-state index contributed by atoms with van der Waals surface area (Å²) >= 11 is 5.70. The van der Waals surface area contributed by atoms with Gasteiger partial charge in [0.25, 0.3) is 0 Å². The zero-order chi connectivity index (χ0) is 17.9. The van der Waals surface area contributed by atoms with E-state index in [2.05, 4.69) is 10.1 Å². The number of hydrogen-bond donors (Lipinski definition) is 3. The Morgan fingerprint density at radius 2 is 1.96 bits per heavy atom. The van der Waals surface area contributed by atoms with E-state index in [-0.39, 0.29) is 34.0 Å². The number of anilines is 1. The molecule has 0 unspecified atom stereocenters. The second kappa shape index (κ2) is 7.18. The molecule has 24 heavy (non-hydrogen) atoms. The first kappa shape index (κ1) is 17.6. The number of aromatic hydroxyl groups is 1. The van der Waals surface area contributed by atoms with Crippen LogP contribution in [0.15, 0.2) is 30.3 Å². The number of benzene rings is 2. The largest absolute Gasteiger partial charge is 0.506 e. The molecule has 0 saturated heterocycles. The number of rotatable bonds is 5. The van der Waals surface area contributed by atoms with Crippen molar-refractivity contribution >= 4 is 29.2 Å². The fraction of sp³-hybridized carbons (Fsp3) is 0.125. The molecule has 0 heterocycles. The summed E-state index contributed by atoms with van der Waals surface area (Å²) in [4.78, 5) is 22.8. The summed E-state index contributed by atoms with van der Waals surface area (Å²) in [6.07, 6.45) is 0. The SMILES string of the molecule is COC(=O)c1cc(NCc2cc(F)cc(Cl)c2O)ccc1C(=O)O. The maximum atomic E-state index is 13.3. The van der Waals surface area contributed by atoms with E-state index in [0.717, 1.165) is 19.2 Å². The maximum absolute atomic E-state index is 13.3. The molecule has 0 aliphatic carbocycles. The van der Waals surface area contributed by atoms with Crippen LogP contribution >= 0.6 is 11.6 Å². The molecule has 2 aromatic rings. The van der Waals surface area contributed by atoms with Crippen LogP contribution in [0.4, 0.5) is 10.1 Å². The molecule has 0 spiro atoms. The number of nitrogens with one attached hydrogen (secondary N) is 1.